The number of sulfonamides is 1. The van der Waals surface area contributed by atoms with Gasteiger partial charge in [0, 0.05) is 26.7 Å². The number of rotatable bonds is 9. The zero-order chi connectivity index (χ0) is 19.0. The molecule has 2 rings (SSSR count). The smallest absolute Gasteiger partial charge is 0.213 e. The molecule has 1 unspecified atom stereocenters. The zero-order valence-electron chi connectivity index (χ0n) is 16.5. The number of halogens is 1. The third-order valence-corrected chi connectivity index (χ3v) is 6.24. The summed E-state index contributed by atoms with van der Waals surface area (Å²) in [5, 5.41) is 6.34. The normalized spacial score (nSPS) is 16.2. The topological polar surface area (TPSA) is 82.6 Å². The molecule has 0 bridgehead atoms. The summed E-state index contributed by atoms with van der Waals surface area (Å²) in [5.41, 5.74) is 2.52. The molecule has 1 atom stereocenters. The molecule has 1 saturated carbocycles. The Morgan fingerprint density at radius 3 is 2.63 bits per heavy atom. The summed E-state index contributed by atoms with van der Waals surface area (Å²) in [6.45, 7) is 5.88. The minimum Gasteiger partial charge on any atom is -0.356 e. The highest BCUT2D eigenvalue weighted by Crippen LogP contribution is 2.25. The maximum Gasteiger partial charge on any atom is 0.213 e. The number of aryl methyl sites for hydroxylation is 1. The van der Waals surface area contributed by atoms with Crippen LogP contribution in [0.15, 0.2) is 29.3 Å². The third kappa shape index (κ3) is 8.78. The van der Waals surface area contributed by atoms with Crippen LogP contribution in [0.2, 0.25) is 0 Å². The van der Waals surface area contributed by atoms with Crippen molar-refractivity contribution in [3.63, 3.8) is 0 Å². The molecule has 8 heteroatoms. The van der Waals surface area contributed by atoms with E-state index in [0.717, 1.165) is 19.4 Å². The molecule has 1 aromatic rings. The molecule has 1 aliphatic carbocycles. The van der Waals surface area contributed by atoms with Gasteiger partial charge < -0.3 is 10.6 Å². The summed E-state index contributed by atoms with van der Waals surface area (Å²) in [6.07, 6.45) is 3.49. The predicted octanol–water partition coefficient (Wildman–Crippen LogP) is 2.60. The summed E-state index contributed by atoms with van der Waals surface area (Å²) >= 11 is 0. The number of aliphatic imine (C=N–C) groups is 1. The Morgan fingerprint density at radius 1 is 1.30 bits per heavy atom. The fourth-order valence-corrected chi connectivity index (χ4v) is 3.89. The van der Waals surface area contributed by atoms with Crippen LogP contribution >= 0.6 is 24.0 Å². The van der Waals surface area contributed by atoms with E-state index in [4.69, 9.17) is 0 Å². The fourth-order valence-electron chi connectivity index (χ4n) is 2.88. The minimum absolute atomic E-state index is 0. The molecule has 0 aliphatic heterocycles. The molecule has 0 heterocycles. The van der Waals surface area contributed by atoms with Crippen LogP contribution < -0.4 is 15.4 Å². The molecule has 0 radical (unpaired) electrons. The quantitative estimate of drug-likeness (QED) is 0.272. The third-order valence-electron chi connectivity index (χ3n) is 4.89. The molecule has 3 N–H and O–H groups in total. The first-order chi connectivity index (χ1) is 12.4. The Labute approximate surface area is 181 Å². The van der Waals surface area contributed by atoms with E-state index in [-0.39, 0.29) is 29.7 Å². The lowest BCUT2D eigenvalue weighted by Crippen LogP contribution is -2.42. The lowest BCUT2D eigenvalue weighted by atomic mass is 9.86. The second-order valence-corrected chi connectivity index (χ2v) is 9.09. The highest BCUT2D eigenvalue weighted by Gasteiger charge is 2.20. The fraction of sp³-hybridized carbons (Fsp3) is 0.632. The second-order valence-electron chi connectivity index (χ2n) is 7.16. The Bertz CT molecular complexity index is 705. The number of benzene rings is 1. The van der Waals surface area contributed by atoms with E-state index in [1.54, 1.807) is 7.05 Å². The summed E-state index contributed by atoms with van der Waals surface area (Å²) in [5.74, 6) is 1.53. The minimum atomic E-state index is -3.23. The molecular weight excluding hydrogens is 475 g/mol. The largest absolute Gasteiger partial charge is 0.356 e. The monoisotopic (exact) mass is 508 g/mol. The number of hydrogen-bond donors (Lipinski definition) is 3. The SMILES string of the molecule is CN=C(NCCS(=O)(=O)NCC1CCC1)NCC(C)c1cccc(C)c1.I. The van der Waals surface area contributed by atoms with Crippen LogP contribution in [0.25, 0.3) is 0 Å². The van der Waals surface area contributed by atoms with Gasteiger partial charge in [0.15, 0.2) is 5.96 Å². The van der Waals surface area contributed by atoms with Crippen LogP contribution in [-0.2, 0) is 10.0 Å². The zero-order valence-corrected chi connectivity index (χ0v) is 19.6. The van der Waals surface area contributed by atoms with E-state index in [0.29, 0.717) is 30.9 Å². The number of hydrogen-bond acceptors (Lipinski definition) is 3. The van der Waals surface area contributed by atoms with E-state index in [1.165, 1.54) is 17.5 Å². The Morgan fingerprint density at radius 2 is 2.04 bits per heavy atom. The van der Waals surface area contributed by atoms with E-state index >= 15 is 0 Å². The molecule has 0 aromatic heterocycles. The van der Waals surface area contributed by atoms with Crippen molar-refractivity contribution in [1.29, 1.82) is 0 Å². The molecule has 1 aromatic carbocycles. The van der Waals surface area contributed by atoms with Crippen molar-refractivity contribution < 1.29 is 8.42 Å². The van der Waals surface area contributed by atoms with Crippen molar-refractivity contribution in [3.05, 3.63) is 35.4 Å². The molecular formula is C19H33IN4O2S. The molecule has 0 amide bonds. The van der Waals surface area contributed by atoms with Gasteiger partial charge in [0.2, 0.25) is 10.0 Å². The van der Waals surface area contributed by atoms with Crippen molar-refractivity contribution >= 4 is 40.0 Å². The van der Waals surface area contributed by atoms with Crippen molar-refractivity contribution in [1.82, 2.24) is 15.4 Å². The molecule has 1 fully saturated rings. The Balaban J connectivity index is 0.00000364. The predicted molar refractivity (Wildman–Crippen MR) is 124 cm³/mol. The van der Waals surface area contributed by atoms with E-state index in [9.17, 15) is 8.42 Å². The average Bonchev–Trinajstić information content (AvgIpc) is 2.56. The summed E-state index contributed by atoms with van der Waals surface area (Å²) < 4.78 is 26.7. The van der Waals surface area contributed by atoms with E-state index in [1.807, 2.05) is 0 Å². The van der Waals surface area contributed by atoms with Crippen LogP contribution in [-0.4, -0.2) is 46.8 Å². The molecule has 0 spiro atoms. The van der Waals surface area contributed by atoms with Crippen LogP contribution in [0.1, 0.15) is 43.2 Å². The highest BCUT2D eigenvalue weighted by molar-refractivity contribution is 14.0. The molecule has 0 saturated heterocycles. The maximum atomic E-state index is 12.0. The van der Waals surface area contributed by atoms with Gasteiger partial charge in [-0.25, -0.2) is 13.1 Å². The molecule has 1 aliphatic rings. The number of nitrogens with zero attached hydrogens (tertiary/aromatic N) is 1. The first kappa shape index (κ1) is 24.2. The van der Waals surface area contributed by atoms with Gasteiger partial charge in [-0.3, -0.25) is 4.99 Å². The summed E-state index contributed by atoms with van der Waals surface area (Å²) in [6, 6.07) is 8.46. The first-order valence-electron chi connectivity index (χ1n) is 9.38. The van der Waals surface area contributed by atoms with Gasteiger partial charge in [0.25, 0.3) is 0 Å². The first-order valence-corrected chi connectivity index (χ1v) is 11.0. The maximum absolute atomic E-state index is 12.0. The lowest BCUT2D eigenvalue weighted by Gasteiger charge is -2.25. The van der Waals surface area contributed by atoms with E-state index in [2.05, 4.69) is 58.5 Å². The highest BCUT2D eigenvalue weighted by atomic mass is 127. The molecule has 27 heavy (non-hydrogen) atoms. The average molecular weight is 508 g/mol. The van der Waals surface area contributed by atoms with Gasteiger partial charge in [-0.1, -0.05) is 43.2 Å². The number of nitrogens with one attached hydrogen (secondary N) is 3. The van der Waals surface area contributed by atoms with Gasteiger partial charge in [-0.2, -0.15) is 0 Å². The van der Waals surface area contributed by atoms with Crippen molar-refractivity contribution in [3.8, 4) is 0 Å². The Kier molecular flexibility index (Phi) is 10.6. The number of guanidine groups is 1. The summed E-state index contributed by atoms with van der Waals surface area (Å²) in [4.78, 5) is 4.17. The van der Waals surface area contributed by atoms with E-state index < -0.39 is 10.0 Å². The van der Waals surface area contributed by atoms with Crippen LogP contribution in [0.5, 0.6) is 0 Å². The van der Waals surface area contributed by atoms with Gasteiger partial charge in [0.05, 0.1) is 5.75 Å². The van der Waals surface area contributed by atoms with Crippen LogP contribution in [0.3, 0.4) is 0 Å². The van der Waals surface area contributed by atoms with Gasteiger partial charge in [0.1, 0.15) is 0 Å². The second kappa shape index (κ2) is 11.9. The molecule has 154 valence electrons. The van der Waals surface area contributed by atoms with Gasteiger partial charge >= 0.3 is 0 Å². The van der Waals surface area contributed by atoms with Gasteiger partial charge in [-0.15, -0.1) is 24.0 Å². The van der Waals surface area contributed by atoms with Crippen molar-refractivity contribution in [2.24, 2.45) is 10.9 Å². The van der Waals surface area contributed by atoms with Crippen LogP contribution in [0.4, 0.5) is 0 Å². The van der Waals surface area contributed by atoms with Crippen LogP contribution in [0, 0.1) is 12.8 Å². The van der Waals surface area contributed by atoms with Gasteiger partial charge in [-0.05, 0) is 37.2 Å². The summed E-state index contributed by atoms with van der Waals surface area (Å²) in [7, 11) is -1.54. The molecule has 6 nitrogen and oxygen atoms in total. The standard InChI is InChI=1S/C19H32N4O2S.HI/c1-15-6-4-9-18(12-15)16(2)13-22-19(20-3)21-10-11-26(24,25)23-14-17-7-5-8-17;/h4,6,9,12,16-17,23H,5,7-8,10-11,13-14H2,1-3H3,(H2,20,21,22);1H. The lowest BCUT2D eigenvalue weighted by molar-refractivity contribution is 0.316. The van der Waals surface area contributed by atoms with Crippen molar-refractivity contribution in [2.45, 2.75) is 39.0 Å². The van der Waals surface area contributed by atoms with Crippen molar-refractivity contribution in [2.75, 3.05) is 32.4 Å². The Hall–Kier alpha value is -0.870.